The molecule has 0 radical (unpaired) electrons. The van der Waals surface area contributed by atoms with E-state index in [9.17, 15) is 5.11 Å². The summed E-state index contributed by atoms with van der Waals surface area (Å²) in [5, 5.41) is 9.47. The second-order valence-corrected chi connectivity index (χ2v) is 3.58. The molecule has 1 aliphatic rings. The van der Waals surface area contributed by atoms with Crippen molar-refractivity contribution in [1.29, 1.82) is 0 Å². The van der Waals surface area contributed by atoms with Crippen molar-refractivity contribution in [3.8, 4) is 5.75 Å². The van der Waals surface area contributed by atoms with Crippen LogP contribution in [0.25, 0.3) is 0 Å². The molecule has 3 heteroatoms. The fourth-order valence-electron chi connectivity index (χ4n) is 1.50. The summed E-state index contributed by atoms with van der Waals surface area (Å²) in [4.78, 5) is 0. The number of aliphatic hydroxyl groups is 1. The summed E-state index contributed by atoms with van der Waals surface area (Å²) in [5.41, 5.74) is 1.15. The minimum absolute atomic E-state index is 0.225. The number of hydrogen-bond donors (Lipinski definition) is 1. The lowest BCUT2D eigenvalue weighted by atomic mass is 10.2. The maximum atomic E-state index is 9.47. The van der Waals surface area contributed by atoms with Gasteiger partial charge in [0.25, 0.3) is 0 Å². The maximum absolute atomic E-state index is 9.47. The van der Waals surface area contributed by atoms with E-state index in [1.54, 1.807) is 0 Å². The lowest BCUT2D eigenvalue weighted by Crippen LogP contribution is -2.29. The molecule has 0 amide bonds. The zero-order chi connectivity index (χ0) is 9.97. The van der Waals surface area contributed by atoms with Crippen molar-refractivity contribution >= 4 is 0 Å². The van der Waals surface area contributed by atoms with E-state index in [0.29, 0.717) is 13.2 Å². The Morgan fingerprint density at radius 3 is 2.93 bits per heavy atom. The predicted octanol–water partition coefficient (Wildman–Crippen LogP) is 1.13. The van der Waals surface area contributed by atoms with Crippen LogP contribution in [0.3, 0.4) is 0 Å². The van der Waals surface area contributed by atoms with E-state index in [1.807, 2.05) is 31.2 Å². The first kappa shape index (κ1) is 9.49. The van der Waals surface area contributed by atoms with E-state index < -0.39 is 6.10 Å². The Hall–Kier alpha value is -1.06. The third-order valence-corrected chi connectivity index (χ3v) is 2.28. The molecule has 1 heterocycles. The molecule has 1 N–H and O–H groups in total. The minimum atomic E-state index is -0.504. The Labute approximate surface area is 83.3 Å². The van der Waals surface area contributed by atoms with Crippen LogP contribution in [0.5, 0.6) is 5.75 Å². The van der Waals surface area contributed by atoms with Gasteiger partial charge in [-0.1, -0.05) is 12.1 Å². The normalized spacial score (nSPS) is 26.4. The first-order valence-electron chi connectivity index (χ1n) is 4.75. The summed E-state index contributed by atoms with van der Waals surface area (Å²) >= 11 is 0. The summed E-state index contributed by atoms with van der Waals surface area (Å²) in [5.74, 6) is 0.791. The van der Waals surface area contributed by atoms with Crippen molar-refractivity contribution < 1.29 is 14.6 Å². The van der Waals surface area contributed by atoms with Crippen LogP contribution in [0.1, 0.15) is 5.56 Å². The summed E-state index contributed by atoms with van der Waals surface area (Å²) in [6.07, 6.45) is -0.729. The van der Waals surface area contributed by atoms with E-state index in [4.69, 9.17) is 9.47 Å². The smallest absolute Gasteiger partial charge is 0.150 e. The lowest BCUT2D eigenvalue weighted by molar-refractivity contribution is 0.0733. The fourth-order valence-corrected chi connectivity index (χ4v) is 1.50. The average Bonchev–Trinajstić information content (AvgIpc) is 2.52. The summed E-state index contributed by atoms with van der Waals surface area (Å²) in [6.45, 7) is 2.85. The molecule has 14 heavy (non-hydrogen) atoms. The second-order valence-electron chi connectivity index (χ2n) is 3.58. The van der Waals surface area contributed by atoms with Crippen molar-refractivity contribution in [3.63, 3.8) is 0 Å². The molecule has 76 valence electrons. The first-order valence-corrected chi connectivity index (χ1v) is 4.75. The van der Waals surface area contributed by atoms with Crippen LogP contribution < -0.4 is 4.74 Å². The molecule has 0 aliphatic carbocycles. The summed E-state index contributed by atoms with van der Waals surface area (Å²) in [6, 6.07) is 7.78. The molecule has 2 atom stereocenters. The second kappa shape index (κ2) is 3.98. The molecule has 0 spiro atoms. The van der Waals surface area contributed by atoms with Gasteiger partial charge in [0.05, 0.1) is 13.2 Å². The van der Waals surface area contributed by atoms with Gasteiger partial charge in [0, 0.05) is 0 Å². The molecule has 1 aliphatic heterocycles. The topological polar surface area (TPSA) is 38.7 Å². The van der Waals surface area contributed by atoms with Crippen LogP contribution in [0.15, 0.2) is 24.3 Å². The Morgan fingerprint density at radius 1 is 1.43 bits per heavy atom. The van der Waals surface area contributed by atoms with Gasteiger partial charge in [0.1, 0.15) is 18.0 Å². The van der Waals surface area contributed by atoms with Gasteiger partial charge in [-0.3, -0.25) is 0 Å². The lowest BCUT2D eigenvalue weighted by Gasteiger charge is -2.15. The van der Waals surface area contributed by atoms with E-state index in [1.165, 1.54) is 0 Å². The van der Waals surface area contributed by atoms with Crippen molar-refractivity contribution in [3.05, 3.63) is 29.8 Å². The largest absolute Gasteiger partial charge is 0.485 e. The molecule has 1 aromatic carbocycles. The molecule has 0 saturated carbocycles. The van der Waals surface area contributed by atoms with Crippen LogP contribution in [-0.4, -0.2) is 30.5 Å². The molecular weight excluding hydrogens is 180 g/mol. The number of benzene rings is 1. The van der Waals surface area contributed by atoms with E-state index >= 15 is 0 Å². The average molecular weight is 194 g/mol. The SMILES string of the molecule is Cc1cccc(O[C@@H]2COC[C@H]2O)c1. The Bertz CT molecular complexity index is 311. The van der Waals surface area contributed by atoms with E-state index in [-0.39, 0.29) is 6.10 Å². The number of ether oxygens (including phenoxy) is 2. The highest BCUT2D eigenvalue weighted by molar-refractivity contribution is 5.27. The van der Waals surface area contributed by atoms with Gasteiger partial charge in [0.15, 0.2) is 0 Å². The van der Waals surface area contributed by atoms with Gasteiger partial charge in [-0.05, 0) is 24.6 Å². The van der Waals surface area contributed by atoms with Crippen LogP contribution in [-0.2, 0) is 4.74 Å². The maximum Gasteiger partial charge on any atom is 0.150 e. The number of aryl methyl sites for hydroxylation is 1. The van der Waals surface area contributed by atoms with Crippen molar-refractivity contribution in [2.45, 2.75) is 19.1 Å². The van der Waals surface area contributed by atoms with Crippen molar-refractivity contribution in [1.82, 2.24) is 0 Å². The van der Waals surface area contributed by atoms with Gasteiger partial charge < -0.3 is 14.6 Å². The molecule has 1 saturated heterocycles. The first-order chi connectivity index (χ1) is 6.75. The Kier molecular flexibility index (Phi) is 2.70. The van der Waals surface area contributed by atoms with Crippen LogP contribution in [0, 0.1) is 6.92 Å². The number of rotatable bonds is 2. The highest BCUT2D eigenvalue weighted by atomic mass is 16.6. The number of hydrogen-bond acceptors (Lipinski definition) is 3. The molecule has 0 unspecified atom stereocenters. The third-order valence-electron chi connectivity index (χ3n) is 2.28. The highest BCUT2D eigenvalue weighted by Crippen LogP contribution is 2.18. The standard InChI is InChI=1S/C11H14O3/c1-8-3-2-4-9(5-8)14-11-7-13-6-10(11)12/h2-5,10-12H,6-7H2,1H3/t10-,11-/m1/s1. The van der Waals surface area contributed by atoms with Gasteiger partial charge in [-0.25, -0.2) is 0 Å². The Balaban J connectivity index is 2.03. The zero-order valence-corrected chi connectivity index (χ0v) is 8.14. The van der Waals surface area contributed by atoms with Gasteiger partial charge in [-0.2, -0.15) is 0 Å². The molecule has 3 nitrogen and oxygen atoms in total. The molecular formula is C11H14O3. The number of aliphatic hydroxyl groups excluding tert-OH is 1. The van der Waals surface area contributed by atoms with Gasteiger partial charge in [-0.15, -0.1) is 0 Å². The monoisotopic (exact) mass is 194 g/mol. The molecule has 0 bridgehead atoms. The predicted molar refractivity (Wildman–Crippen MR) is 52.4 cm³/mol. The van der Waals surface area contributed by atoms with Gasteiger partial charge in [0.2, 0.25) is 0 Å². The van der Waals surface area contributed by atoms with E-state index in [2.05, 4.69) is 0 Å². The van der Waals surface area contributed by atoms with Gasteiger partial charge >= 0.3 is 0 Å². The third kappa shape index (κ3) is 2.05. The summed E-state index contributed by atoms with van der Waals surface area (Å²) < 4.78 is 10.7. The van der Waals surface area contributed by atoms with Crippen LogP contribution >= 0.6 is 0 Å². The zero-order valence-electron chi connectivity index (χ0n) is 8.14. The van der Waals surface area contributed by atoms with E-state index in [0.717, 1.165) is 11.3 Å². The molecule has 1 aromatic rings. The molecule has 1 fully saturated rings. The Morgan fingerprint density at radius 2 is 2.29 bits per heavy atom. The van der Waals surface area contributed by atoms with Crippen molar-refractivity contribution in [2.75, 3.05) is 13.2 Å². The van der Waals surface area contributed by atoms with Crippen LogP contribution in [0.4, 0.5) is 0 Å². The molecule has 2 rings (SSSR count). The fraction of sp³-hybridized carbons (Fsp3) is 0.455. The van der Waals surface area contributed by atoms with Crippen LogP contribution in [0.2, 0.25) is 0 Å². The summed E-state index contributed by atoms with van der Waals surface area (Å²) in [7, 11) is 0. The quantitative estimate of drug-likeness (QED) is 0.767. The highest BCUT2D eigenvalue weighted by Gasteiger charge is 2.27. The van der Waals surface area contributed by atoms with Crippen molar-refractivity contribution in [2.24, 2.45) is 0 Å². The minimum Gasteiger partial charge on any atom is -0.485 e. The molecule has 0 aromatic heterocycles.